The van der Waals surface area contributed by atoms with Gasteiger partial charge in [-0.15, -0.1) is 0 Å². The SMILES string of the molecule is O=S(=O)(NC1(Cc2ccc(Cl)cc2Cl)CCC1)c1ccc(-n2nccn2)cc1. The van der Waals surface area contributed by atoms with Crippen molar-refractivity contribution in [3.63, 3.8) is 0 Å². The van der Waals surface area contributed by atoms with E-state index in [1.807, 2.05) is 6.07 Å². The van der Waals surface area contributed by atoms with Gasteiger partial charge in [0.25, 0.3) is 0 Å². The second kappa shape index (κ2) is 7.48. The first-order valence-corrected chi connectivity index (χ1v) is 11.1. The number of hydrogen-bond donors (Lipinski definition) is 1. The topological polar surface area (TPSA) is 76.9 Å². The summed E-state index contributed by atoms with van der Waals surface area (Å²) in [5, 5.41) is 9.19. The molecule has 9 heteroatoms. The van der Waals surface area contributed by atoms with Crippen LogP contribution in [0.5, 0.6) is 0 Å². The standard InChI is InChI=1S/C19H18Cl2N4O2S/c20-15-3-2-14(18(21)12-15)13-19(8-1-9-19)24-28(26,27)17-6-4-16(5-7-17)25-22-10-11-23-25/h2-7,10-12,24H,1,8-9,13H2. The summed E-state index contributed by atoms with van der Waals surface area (Å²) in [5.41, 5.74) is 1.04. The minimum Gasteiger partial charge on any atom is -0.207 e. The average molecular weight is 437 g/mol. The van der Waals surface area contributed by atoms with E-state index >= 15 is 0 Å². The van der Waals surface area contributed by atoms with Crippen molar-refractivity contribution in [2.45, 2.75) is 36.1 Å². The second-order valence-electron chi connectivity index (χ2n) is 6.96. The number of aromatic nitrogens is 3. The fraction of sp³-hybridized carbons (Fsp3) is 0.263. The maximum absolute atomic E-state index is 13.0. The van der Waals surface area contributed by atoms with Gasteiger partial charge in [0.15, 0.2) is 0 Å². The predicted molar refractivity (Wildman–Crippen MR) is 108 cm³/mol. The molecule has 1 aliphatic rings. The Labute approximate surface area is 173 Å². The molecule has 1 aromatic heterocycles. The van der Waals surface area contributed by atoms with Crippen molar-refractivity contribution < 1.29 is 8.42 Å². The highest BCUT2D eigenvalue weighted by atomic mass is 35.5. The monoisotopic (exact) mass is 436 g/mol. The summed E-state index contributed by atoms with van der Waals surface area (Å²) < 4.78 is 28.8. The number of halogens is 2. The first-order valence-electron chi connectivity index (χ1n) is 8.82. The lowest BCUT2D eigenvalue weighted by atomic mass is 9.74. The maximum atomic E-state index is 13.0. The Bertz CT molecular complexity index is 1080. The van der Waals surface area contributed by atoms with E-state index in [1.165, 1.54) is 4.80 Å². The Hall–Kier alpha value is -1.93. The quantitative estimate of drug-likeness (QED) is 0.632. The molecule has 3 aromatic rings. The number of nitrogens with zero attached hydrogens (tertiary/aromatic N) is 3. The lowest BCUT2D eigenvalue weighted by Crippen LogP contribution is -2.54. The number of benzene rings is 2. The molecule has 0 bridgehead atoms. The van der Waals surface area contributed by atoms with Gasteiger partial charge in [0.05, 0.1) is 23.0 Å². The molecule has 4 rings (SSSR count). The van der Waals surface area contributed by atoms with Gasteiger partial charge in [-0.3, -0.25) is 0 Å². The minimum absolute atomic E-state index is 0.205. The normalized spacial score (nSPS) is 15.9. The molecular formula is C19H18Cl2N4O2S. The van der Waals surface area contributed by atoms with Crippen molar-refractivity contribution in [3.8, 4) is 5.69 Å². The molecule has 2 aromatic carbocycles. The van der Waals surface area contributed by atoms with Crippen LogP contribution in [-0.4, -0.2) is 29.0 Å². The lowest BCUT2D eigenvalue weighted by molar-refractivity contribution is 0.220. The fourth-order valence-corrected chi connectivity index (χ4v) is 5.33. The summed E-state index contributed by atoms with van der Waals surface area (Å²) in [6.45, 7) is 0. The largest absolute Gasteiger partial charge is 0.241 e. The third-order valence-corrected chi connectivity index (χ3v) is 7.18. The van der Waals surface area contributed by atoms with Crippen LogP contribution < -0.4 is 4.72 Å². The molecule has 0 radical (unpaired) electrons. The summed E-state index contributed by atoms with van der Waals surface area (Å²) in [4.78, 5) is 1.64. The molecular weight excluding hydrogens is 419 g/mol. The van der Waals surface area contributed by atoms with Crippen LogP contribution in [0.1, 0.15) is 24.8 Å². The highest BCUT2D eigenvalue weighted by Crippen LogP contribution is 2.38. The zero-order valence-electron chi connectivity index (χ0n) is 14.8. The molecule has 1 fully saturated rings. The van der Waals surface area contributed by atoms with Crippen molar-refractivity contribution in [3.05, 3.63) is 70.5 Å². The molecule has 0 spiro atoms. The van der Waals surface area contributed by atoms with Crippen molar-refractivity contribution >= 4 is 33.2 Å². The second-order valence-corrected chi connectivity index (χ2v) is 9.49. The van der Waals surface area contributed by atoms with Crippen LogP contribution >= 0.6 is 23.2 Å². The van der Waals surface area contributed by atoms with Gasteiger partial charge in [-0.25, -0.2) is 13.1 Å². The highest BCUT2D eigenvalue weighted by Gasteiger charge is 2.41. The van der Waals surface area contributed by atoms with Gasteiger partial charge < -0.3 is 0 Å². The fourth-order valence-electron chi connectivity index (χ4n) is 3.40. The van der Waals surface area contributed by atoms with Crippen LogP contribution in [-0.2, 0) is 16.4 Å². The van der Waals surface area contributed by atoms with Crippen LogP contribution in [0, 0.1) is 0 Å². The highest BCUT2D eigenvalue weighted by molar-refractivity contribution is 7.89. The van der Waals surface area contributed by atoms with Gasteiger partial charge in [-0.2, -0.15) is 15.0 Å². The van der Waals surface area contributed by atoms with Crippen LogP contribution in [0.3, 0.4) is 0 Å². The first kappa shape index (κ1) is 19.4. The molecule has 0 saturated heterocycles. The smallest absolute Gasteiger partial charge is 0.207 e. The Morgan fingerprint density at radius 1 is 1.04 bits per heavy atom. The van der Waals surface area contributed by atoms with Crippen LogP contribution in [0.15, 0.2) is 59.8 Å². The number of nitrogens with one attached hydrogen (secondary N) is 1. The van der Waals surface area contributed by atoms with Crippen molar-refractivity contribution in [1.29, 1.82) is 0 Å². The summed E-state index contributed by atoms with van der Waals surface area (Å²) in [6, 6.07) is 11.8. The number of rotatable bonds is 6. The van der Waals surface area contributed by atoms with E-state index in [1.54, 1.807) is 48.8 Å². The van der Waals surface area contributed by atoms with Crippen molar-refractivity contribution in [2.24, 2.45) is 0 Å². The lowest BCUT2D eigenvalue weighted by Gasteiger charge is -2.42. The third kappa shape index (κ3) is 3.93. The van der Waals surface area contributed by atoms with Crippen LogP contribution in [0.4, 0.5) is 0 Å². The molecule has 146 valence electrons. The summed E-state index contributed by atoms with van der Waals surface area (Å²) in [6.07, 6.45) is 6.15. The summed E-state index contributed by atoms with van der Waals surface area (Å²) in [7, 11) is -3.67. The Balaban J connectivity index is 1.55. The van der Waals surface area contributed by atoms with E-state index < -0.39 is 15.6 Å². The maximum Gasteiger partial charge on any atom is 0.241 e. The molecule has 28 heavy (non-hydrogen) atoms. The minimum atomic E-state index is -3.67. The van der Waals surface area contributed by atoms with Gasteiger partial charge in [0.1, 0.15) is 0 Å². The molecule has 0 atom stereocenters. The first-order chi connectivity index (χ1) is 13.4. The zero-order chi connectivity index (χ0) is 19.8. The molecule has 0 aliphatic heterocycles. The van der Waals surface area contributed by atoms with Crippen molar-refractivity contribution in [2.75, 3.05) is 0 Å². The predicted octanol–water partition coefficient (Wildman–Crippen LogP) is 4.02. The van der Waals surface area contributed by atoms with Gasteiger partial charge >= 0.3 is 0 Å². The van der Waals surface area contributed by atoms with E-state index in [0.717, 1.165) is 24.8 Å². The summed E-state index contributed by atoms with van der Waals surface area (Å²) >= 11 is 12.3. The van der Waals surface area contributed by atoms with E-state index in [9.17, 15) is 8.42 Å². The van der Waals surface area contributed by atoms with E-state index in [2.05, 4.69) is 14.9 Å². The van der Waals surface area contributed by atoms with Gasteiger partial charge in [-0.1, -0.05) is 29.3 Å². The Kier molecular flexibility index (Phi) is 5.18. The van der Waals surface area contributed by atoms with Crippen LogP contribution in [0.25, 0.3) is 5.69 Å². The molecule has 0 unspecified atom stereocenters. The Morgan fingerprint density at radius 2 is 1.71 bits per heavy atom. The molecule has 1 saturated carbocycles. The van der Waals surface area contributed by atoms with Gasteiger partial charge in [0.2, 0.25) is 10.0 Å². The number of sulfonamides is 1. The van der Waals surface area contributed by atoms with Gasteiger partial charge in [-0.05, 0) is 67.6 Å². The zero-order valence-corrected chi connectivity index (χ0v) is 17.2. The summed E-state index contributed by atoms with van der Waals surface area (Å²) in [5.74, 6) is 0. The third-order valence-electron chi connectivity index (χ3n) is 5.00. The van der Waals surface area contributed by atoms with Crippen LogP contribution in [0.2, 0.25) is 10.0 Å². The Morgan fingerprint density at radius 3 is 2.29 bits per heavy atom. The van der Waals surface area contributed by atoms with E-state index in [0.29, 0.717) is 22.2 Å². The molecule has 1 heterocycles. The molecule has 1 N–H and O–H groups in total. The average Bonchev–Trinajstić information content (AvgIpc) is 3.17. The van der Waals surface area contributed by atoms with E-state index in [4.69, 9.17) is 23.2 Å². The molecule has 1 aliphatic carbocycles. The molecule has 6 nitrogen and oxygen atoms in total. The van der Waals surface area contributed by atoms with Gasteiger partial charge in [0, 0.05) is 15.6 Å². The van der Waals surface area contributed by atoms with E-state index in [-0.39, 0.29) is 4.90 Å². The van der Waals surface area contributed by atoms with Crippen molar-refractivity contribution in [1.82, 2.24) is 19.7 Å². The number of hydrogen-bond acceptors (Lipinski definition) is 4. The molecule has 0 amide bonds.